The Hall–Kier alpha value is -2.89. The highest BCUT2D eigenvalue weighted by Gasteiger charge is 2.21. The fourth-order valence-electron chi connectivity index (χ4n) is 2.83. The Labute approximate surface area is 178 Å². The normalized spacial score (nSPS) is 11.6. The summed E-state index contributed by atoms with van der Waals surface area (Å²) in [6.45, 7) is 0. The van der Waals surface area contributed by atoms with Gasteiger partial charge in [0, 0.05) is 10.6 Å². The molecule has 4 nitrogen and oxygen atoms in total. The van der Waals surface area contributed by atoms with Crippen LogP contribution in [0.2, 0.25) is 5.02 Å². The highest BCUT2D eigenvalue weighted by molar-refractivity contribution is 8.04. The Morgan fingerprint density at radius 2 is 1.55 bits per heavy atom. The molecule has 0 unspecified atom stereocenters. The number of rotatable bonds is 7. The number of hydrogen-bond donors (Lipinski definition) is 1. The summed E-state index contributed by atoms with van der Waals surface area (Å²) in [6.07, 6.45) is 0. The van der Waals surface area contributed by atoms with Crippen LogP contribution in [-0.2, 0) is 4.79 Å². The molecule has 0 aromatic heterocycles. The second-order valence-electron chi connectivity index (χ2n) is 6.00. The van der Waals surface area contributed by atoms with Gasteiger partial charge in [-0.25, -0.2) is 4.79 Å². The molecule has 0 spiro atoms. The van der Waals surface area contributed by atoms with Gasteiger partial charge in [-0.05, 0) is 41.5 Å². The zero-order valence-electron chi connectivity index (χ0n) is 15.9. The van der Waals surface area contributed by atoms with E-state index in [0.717, 1.165) is 22.9 Å². The molecule has 0 bridgehead atoms. The number of aliphatic carboxylic acids is 1. The number of carboxylic acid groups (broad SMARTS) is 1. The van der Waals surface area contributed by atoms with Gasteiger partial charge in [-0.2, -0.15) is 0 Å². The number of ether oxygens (including phenoxy) is 2. The Kier molecular flexibility index (Phi) is 6.86. The summed E-state index contributed by atoms with van der Waals surface area (Å²) in [5.74, 6) is 0.150. The van der Waals surface area contributed by atoms with Crippen molar-refractivity contribution in [2.24, 2.45) is 0 Å². The molecule has 0 atom stereocenters. The molecular weight excluding hydrogens is 408 g/mol. The second kappa shape index (κ2) is 9.54. The summed E-state index contributed by atoms with van der Waals surface area (Å²) >= 11 is 7.16. The van der Waals surface area contributed by atoms with Gasteiger partial charge in [0.25, 0.3) is 0 Å². The van der Waals surface area contributed by atoms with Gasteiger partial charge in [-0.1, -0.05) is 65.8 Å². The fraction of sp³-hybridized carbons (Fsp3) is 0.0870. The van der Waals surface area contributed by atoms with Gasteiger partial charge >= 0.3 is 5.97 Å². The van der Waals surface area contributed by atoms with E-state index in [2.05, 4.69) is 0 Å². The molecule has 3 aromatic rings. The summed E-state index contributed by atoms with van der Waals surface area (Å²) in [7, 11) is 3.11. The predicted octanol–water partition coefficient (Wildman–Crippen LogP) is 5.99. The number of carbonyl (C=O) groups is 1. The average molecular weight is 427 g/mol. The molecule has 0 aliphatic rings. The van der Waals surface area contributed by atoms with Crippen LogP contribution < -0.4 is 9.47 Å². The third-order valence-electron chi connectivity index (χ3n) is 4.20. The van der Waals surface area contributed by atoms with Crippen molar-refractivity contribution in [1.82, 2.24) is 0 Å². The maximum atomic E-state index is 12.3. The Morgan fingerprint density at radius 3 is 2.14 bits per heavy atom. The van der Waals surface area contributed by atoms with Crippen molar-refractivity contribution < 1.29 is 19.4 Å². The minimum absolute atomic E-state index is 0.171. The molecule has 0 heterocycles. The number of carboxylic acids is 1. The Balaban J connectivity index is 2.22. The summed E-state index contributed by atoms with van der Waals surface area (Å²) in [4.78, 5) is 13.2. The molecule has 148 valence electrons. The van der Waals surface area contributed by atoms with E-state index in [1.807, 2.05) is 42.5 Å². The standard InChI is InChI=1S/C23H19ClO4S/c1-27-18-12-13-19(28-2)20(14-18)29-22(23(25)26)21(15-6-4-3-5-7-15)16-8-10-17(24)11-9-16/h3-14H,1-2H3,(H,25,26)/b22-21+. The Morgan fingerprint density at radius 1 is 0.897 bits per heavy atom. The molecule has 3 rings (SSSR count). The maximum Gasteiger partial charge on any atom is 0.343 e. The van der Waals surface area contributed by atoms with Gasteiger partial charge in [0.2, 0.25) is 0 Å². The lowest BCUT2D eigenvalue weighted by Crippen LogP contribution is -2.03. The first-order chi connectivity index (χ1) is 14.0. The van der Waals surface area contributed by atoms with Crippen molar-refractivity contribution in [3.8, 4) is 11.5 Å². The molecular formula is C23H19ClO4S. The molecule has 0 saturated carbocycles. The first-order valence-corrected chi connectivity index (χ1v) is 9.91. The lowest BCUT2D eigenvalue weighted by atomic mass is 9.97. The third-order valence-corrected chi connectivity index (χ3v) is 5.57. The van der Waals surface area contributed by atoms with Crippen LogP contribution in [0.15, 0.2) is 82.6 Å². The van der Waals surface area contributed by atoms with Gasteiger partial charge in [0.15, 0.2) is 0 Å². The van der Waals surface area contributed by atoms with E-state index >= 15 is 0 Å². The van der Waals surface area contributed by atoms with E-state index < -0.39 is 5.97 Å². The quantitative estimate of drug-likeness (QED) is 0.371. The van der Waals surface area contributed by atoms with Crippen LogP contribution in [-0.4, -0.2) is 25.3 Å². The molecule has 0 aliphatic heterocycles. The zero-order valence-corrected chi connectivity index (χ0v) is 17.5. The lowest BCUT2D eigenvalue weighted by molar-refractivity contribution is -0.131. The van der Waals surface area contributed by atoms with Gasteiger partial charge in [-0.15, -0.1) is 0 Å². The third kappa shape index (κ3) is 4.94. The summed E-state index contributed by atoms with van der Waals surface area (Å²) in [5.41, 5.74) is 2.15. The van der Waals surface area contributed by atoms with Crippen LogP contribution in [0.1, 0.15) is 11.1 Å². The minimum atomic E-state index is -1.03. The number of methoxy groups -OCH3 is 2. The topological polar surface area (TPSA) is 55.8 Å². The van der Waals surface area contributed by atoms with Crippen LogP contribution >= 0.6 is 23.4 Å². The minimum Gasteiger partial charge on any atom is -0.497 e. The van der Waals surface area contributed by atoms with Gasteiger partial charge in [0.1, 0.15) is 16.4 Å². The molecule has 0 aliphatic carbocycles. The number of thioether (sulfide) groups is 1. The SMILES string of the molecule is COc1ccc(OC)c(S/C(C(=O)O)=C(\c2ccccc2)c2ccc(Cl)cc2)c1. The molecule has 1 N–H and O–H groups in total. The van der Waals surface area contributed by atoms with Crippen molar-refractivity contribution in [2.75, 3.05) is 14.2 Å². The highest BCUT2D eigenvalue weighted by Crippen LogP contribution is 2.42. The molecule has 0 fully saturated rings. The molecule has 29 heavy (non-hydrogen) atoms. The van der Waals surface area contributed by atoms with E-state index in [9.17, 15) is 9.90 Å². The lowest BCUT2D eigenvalue weighted by Gasteiger charge is -2.15. The van der Waals surface area contributed by atoms with Crippen LogP contribution in [0.3, 0.4) is 0 Å². The number of hydrogen-bond acceptors (Lipinski definition) is 4. The van der Waals surface area contributed by atoms with Gasteiger partial charge in [0.05, 0.1) is 19.1 Å². The monoisotopic (exact) mass is 426 g/mol. The molecule has 6 heteroatoms. The van der Waals surface area contributed by atoms with Gasteiger partial charge < -0.3 is 14.6 Å². The predicted molar refractivity (Wildman–Crippen MR) is 117 cm³/mol. The molecule has 3 aromatic carbocycles. The fourth-order valence-corrected chi connectivity index (χ4v) is 4.02. The van der Waals surface area contributed by atoms with Crippen LogP contribution in [0, 0.1) is 0 Å². The molecule has 0 radical (unpaired) electrons. The Bertz CT molecular complexity index is 1030. The maximum absolute atomic E-state index is 12.3. The first kappa shape index (κ1) is 20.8. The first-order valence-electron chi connectivity index (χ1n) is 8.72. The van der Waals surface area contributed by atoms with E-state index in [4.69, 9.17) is 21.1 Å². The van der Waals surface area contributed by atoms with E-state index in [0.29, 0.717) is 27.0 Å². The van der Waals surface area contributed by atoms with Crippen molar-refractivity contribution in [2.45, 2.75) is 4.90 Å². The van der Waals surface area contributed by atoms with Crippen molar-refractivity contribution in [3.05, 3.63) is 93.9 Å². The zero-order chi connectivity index (χ0) is 20.8. The van der Waals surface area contributed by atoms with Crippen molar-refractivity contribution in [1.29, 1.82) is 0 Å². The summed E-state index contributed by atoms with van der Waals surface area (Å²) < 4.78 is 10.7. The van der Waals surface area contributed by atoms with Crippen LogP contribution in [0.5, 0.6) is 11.5 Å². The van der Waals surface area contributed by atoms with Crippen LogP contribution in [0.4, 0.5) is 0 Å². The van der Waals surface area contributed by atoms with Crippen LogP contribution in [0.25, 0.3) is 5.57 Å². The van der Waals surface area contributed by atoms with Crippen molar-refractivity contribution >= 4 is 34.9 Å². The van der Waals surface area contributed by atoms with E-state index in [1.54, 1.807) is 44.6 Å². The average Bonchev–Trinajstić information content (AvgIpc) is 2.75. The van der Waals surface area contributed by atoms with E-state index in [1.165, 1.54) is 0 Å². The largest absolute Gasteiger partial charge is 0.497 e. The van der Waals surface area contributed by atoms with Gasteiger partial charge in [-0.3, -0.25) is 0 Å². The summed E-state index contributed by atoms with van der Waals surface area (Å²) in [5, 5.41) is 10.7. The molecule has 0 saturated heterocycles. The molecule has 0 amide bonds. The van der Waals surface area contributed by atoms with E-state index in [-0.39, 0.29) is 4.91 Å². The second-order valence-corrected chi connectivity index (χ2v) is 7.49. The van der Waals surface area contributed by atoms with Crippen molar-refractivity contribution in [3.63, 3.8) is 0 Å². The highest BCUT2D eigenvalue weighted by atomic mass is 35.5. The summed E-state index contributed by atoms with van der Waals surface area (Å²) in [6, 6.07) is 21.8. The number of halogens is 1. The number of benzene rings is 3. The smallest absolute Gasteiger partial charge is 0.343 e.